The van der Waals surface area contributed by atoms with Gasteiger partial charge in [-0.1, -0.05) is 25.1 Å². The maximum Gasteiger partial charge on any atom is 0.311 e. The highest BCUT2D eigenvalue weighted by molar-refractivity contribution is 6.00. The molecule has 2 amide bonds. The summed E-state index contributed by atoms with van der Waals surface area (Å²) < 4.78 is 5.23. The molecule has 1 saturated heterocycles. The molecule has 6 heteroatoms. The summed E-state index contributed by atoms with van der Waals surface area (Å²) in [5, 5.41) is 2.64. The molecule has 24 heavy (non-hydrogen) atoms. The SMILES string of the molecule is CCc1ccccc1N1C[C@@H](C(=O)OCCCNC(C)=O)CC1=O. The minimum absolute atomic E-state index is 0.0453. The molecule has 1 aliphatic heterocycles. The average molecular weight is 332 g/mol. The lowest BCUT2D eigenvalue weighted by Crippen LogP contribution is -2.27. The minimum atomic E-state index is -0.428. The Morgan fingerprint density at radius 1 is 1.33 bits per heavy atom. The van der Waals surface area contributed by atoms with E-state index in [4.69, 9.17) is 4.74 Å². The van der Waals surface area contributed by atoms with Crippen molar-refractivity contribution >= 4 is 23.5 Å². The van der Waals surface area contributed by atoms with Crippen LogP contribution in [0.1, 0.15) is 32.3 Å². The number of para-hydroxylation sites is 1. The molecule has 0 aromatic heterocycles. The topological polar surface area (TPSA) is 75.7 Å². The lowest BCUT2D eigenvalue weighted by atomic mass is 10.1. The van der Waals surface area contributed by atoms with Gasteiger partial charge in [-0.2, -0.15) is 0 Å². The Bertz CT molecular complexity index is 615. The molecule has 1 fully saturated rings. The van der Waals surface area contributed by atoms with Crippen LogP contribution in [-0.4, -0.2) is 37.5 Å². The molecule has 1 atom stereocenters. The highest BCUT2D eigenvalue weighted by Gasteiger charge is 2.36. The molecule has 0 spiro atoms. The Balaban J connectivity index is 1.87. The normalized spacial score (nSPS) is 17.0. The summed E-state index contributed by atoms with van der Waals surface area (Å²) in [7, 11) is 0. The van der Waals surface area contributed by atoms with Gasteiger partial charge in [0.15, 0.2) is 0 Å². The first-order valence-corrected chi connectivity index (χ1v) is 8.32. The number of ether oxygens (including phenoxy) is 1. The predicted molar refractivity (Wildman–Crippen MR) is 90.5 cm³/mol. The zero-order valence-corrected chi connectivity index (χ0v) is 14.2. The van der Waals surface area contributed by atoms with Crippen LogP contribution in [0.3, 0.4) is 0 Å². The van der Waals surface area contributed by atoms with Crippen molar-refractivity contribution in [3.05, 3.63) is 29.8 Å². The fraction of sp³-hybridized carbons (Fsp3) is 0.500. The third kappa shape index (κ3) is 4.57. The number of esters is 1. The van der Waals surface area contributed by atoms with Crippen molar-refractivity contribution in [3.8, 4) is 0 Å². The van der Waals surface area contributed by atoms with E-state index in [0.717, 1.165) is 17.7 Å². The summed E-state index contributed by atoms with van der Waals surface area (Å²) in [6, 6.07) is 7.76. The molecule has 2 rings (SSSR count). The van der Waals surface area contributed by atoms with Crippen molar-refractivity contribution in [1.29, 1.82) is 0 Å². The van der Waals surface area contributed by atoms with Gasteiger partial charge in [0.05, 0.1) is 12.5 Å². The molecule has 0 aliphatic carbocycles. The molecule has 1 N–H and O–H groups in total. The first-order chi connectivity index (χ1) is 11.5. The van der Waals surface area contributed by atoms with E-state index in [2.05, 4.69) is 5.32 Å². The Hall–Kier alpha value is -2.37. The number of carbonyl (C=O) groups is 3. The number of hydrogen-bond donors (Lipinski definition) is 1. The van der Waals surface area contributed by atoms with Crippen molar-refractivity contribution in [2.24, 2.45) is 5.92 Å². The summed E-state index contributed by atoms with van der Waals surface area (Å²) in [5.74, 6) is -0.921. The van der Waals surface area contributed by atoms with E-state index < -0.39 is 5.92 Å². The van der Waals surface area contributed by atoms with Crippen LogP contribution in [0.25, 0.3) is 0 Å². The van der Waals surface area contributed by atoms with Gasteiger partial charge in [0, 0.05) is 32.1 Å². The van der Waals surface area contributed by atoms with Gasteiger partial charge in [-0.15, -0.1) is 0 Å². The first kappa shape index (κ1) is 18.0. The second-order valence-corrected chi connectivity index (χ2v) is 5.89. The van der Waals surface area contributed by atoms with E-state index in [-0.39, 0.29) is 30.8 Å². The van der Waals surface area contributed by atoms with Gasteiger partial charge in [-0.05, 0) is 24.5 Å². The van der Waals surface area contributed by atoms with Gasteiger partial charge < -0.3 is 15.0 Å². The molecule has 0 radical (unpaired) electrons. The zero-order valence-electron chi connectivity index (χ0n) is 14.2. The number of rotatable bonds is 7. The molecule has 0 unspecified atom stereocenters. The molecule has 0 bridgehead atoms. The van der Waals surface area contributed by atoms with Crippen LogP contribution in [0.5, 0.6) is 0 Å². The number of amides is 2. The lowest BCUT2D eigenvalue weighted by molar-refractivity contribution is -0.148. The average Bonchev–Trinajstić information content (AvgIpc) is 2.95. The molecule has 130 valence electrons. The second kappa shape index (κ2) is 8.47. The van der Waals surface area contributed by atoms with Gasteiger partial charge in [-0.3, -0.25) is 14.4 Å². The van der Waals surface area contributed by atoms with E-state index >= 15 is 0 Å². The van der Waals surface area contributed by atoms with Crippen LogP contribution in [0.15, 0.2) is 24.3 Å². The highest BCUT2D eigenvalue weighted by atomic mass is 16.5. The van der Waals surface area contributed by atoms with Crippen LogP contribution in [0.4, 0.5) is 5.69 Å². The van der Waals surface area contributed by atoms with Gasteiger partial charge in [0.1, 0.15) is 0 Å². The minimum Gasteiger partial charge on any atom is -0.465 e. The third-order valence-corrected chi connectivity index (χ3v) is 4.06. The van der Waals surface area contributed by atoms with E-state index in [1.165, 1.54) is 6.92 Å². The Morgan fingerprint density at radius 3 is 2.79 bits per heavy atom. The molecule has 6 nitrogen and oxygen atoms in total. The number of hydrogen-bond acceptors (Lipinski definition) is 4. The number of aryl methyl sites for hydroxylation is 1. The molecule has 0 saturated carbocycles. The maximum absolute atomic E-state index is 12.3. The lowest BCUT2D eigenvalue weighted by Gasteiger charge is -2.19. The molecule has 1 heterocycles. The summed E-state index contributed by atoms with van der Waals surface area (Å²) in [4.78, 5) is 36.8. The third-order valence-electron chi connectivity index (χ3n) is 4.06. The summed E-state index contributed by atoms with van der Waals surface area (Å²) in [5.41, 5.74) is 1.97. The molecule has 1 aliphatic rings. The standard InChI is InChI=1S/C18H24N2O4/c1-3-14-7-4-5-8-16(14)20-12-15(11-17(20)22)18(23)24-10-6-9-19-13(2)21/h4-5,7-8,15H,3,6,9-12H2,1-2H3,(H,19,21)/t15-/m0/s1. The zero-order chi connectivity index (χ0) is 17.5. The largest absolute Gasteiger partial charge is 0.465 e. The molecular formula is C18H24N2O4. The molecule has 1 aromatic rings. The number of benzene rings is 1. The fourth-order valence-corrected chi connectivity index (χ4v) is 2.80. The predicted octanol–water partition coefficient (Wildman–Crippen LogP) is 1.67. The Labute approximate surface area is 142 Å². The Kier molecular flexibility index (Phi) is 6.35. The van der Waals surface area contributed by atoms with Crippen molar-refractivity contribution < 1.29 is 19.1 Å². The number of nitrogens with zero attached hydrogens (tertiary/aromatic N) is 1. The number of anilines is 1. The second-order valence-electron chi connectivity index (χ2n) is 5.89. The van der Waals surface area contributed by atoms with Crippen LogP contribution in [0, 0.1) is 5.92 Å². The summed E-state index contributed by atoms with van der Waals surface area (Å²) >= 11 is 0. The smallest absolute Gasteiger partial charge is 0.311 e. The molecule has 1 aromatic carbocycles. The fourth-order valence-electron chi connectivity index (χ4n) is 2.80. The summed E-state index contributed by atoms with van der Waals surface area (Å²) in [6.45, 7) is 4.57. The Morgan fingerprint density at radius 2 is 2.08 bits per heavy atom. The maximum atomic E-state index is 12.3. The van der Waals surface area contributed by atoms with Gasteiger partial charge in [0.25, 0.3) is 0 Å². The molecular weight excluding hydrogens is 308 g/mol. The quantitative estimate of drug-likeness (QED) is 0.609. The highest BCUT2D eigenvalue weighted by Crippen LogP contribution is 2.29. The van der Waals surface area contributed by atoms with Crippen molar-refractivity contribution in [2.45, 2.75) is 33.1 Å². The van der Waals surface area contributed by atoms with Crippen molar-refractivity contribution in [1.82, 2.24) is 5.32 Å². The van der Waals surface area contributed by atoms with Crippen molar-refractivity contribution in [3.63, 3.8) is 0 Å². The number of nitrogens with one attached hydrogen (secondary N) is 1. The van der Waals surface area contributed by atoms with Gasteiger partial charge in [-0.25, -0.2) is 0 Å². The van der Waals surface area contributed by atoms with Gasteiger partial charge in [0.2, 0.25) is 11.8 Å². The monoisotopic (exact) mass is 332 g/mol. The van der Waals surface area contributed by atoms with Crippen LogP contribution >= 0.6 is 0 Å². The van der Waals surface area contributed by atoms with Crippen molar-refractivity contribution in [2.75, 3.05) is 24.6 Å². The van der Waals surface area contributed by atoms with E-state index in [1.54, 1.807) is 4.90 Å². The number of carbonyl (C=O) groups excluding carboxylic acids is 3. The van der Waals surface area contributed by atoms with Crippen LogP contribution in [-0.2, 0) is 25.5 Å². The summed E-state index contributed by atoms with van der Waals surface area (Å²) in [6.07, 6.45) is 1.58. The van der Waals surface area contributed by atoms with Crippen LogP contribution < -0.4 is 10.2 Å². The van der Waals surface area contributed by atoms with E-state index in [1.807, 2.05) is 31.2 Å². The van der Waals surface area contributed by atoms with Gasteiger partial charge >= 0.3 is 5.97 Å². The van der Waals surface area contributed by atoms with E-state index in [0.29, 0.717) is 19.5 Å². The van der Waals surface area contributed by atoms with Crippen LogP contribution in [0.2, 0.25) is 0 Å². The first-order valence-electron chi connectivity index (χ1n) is 8.32. The van der Waals surface area contributed by atoms with E-state index in [9.17, 15) is 14.4 Å².